The van der Waals surface area contributed by atoms with Crippen molar-refractivity contribution in [1.82, 2.24) is 0 Å². The predicted octanol–water partition coefficient (Wildman–Crippen LogP) is 4.01. The zero-order valence-electron chi connectivity index (χ0n) is 14.8. The van der Waals surface area contributed by atoms with Crippen molar-refractivity contribution in [2.45, 2.75) is 85.2 Å². The van der Waals surface area contributed by atoms with Crippen LogP contribution in [0, 0.1) is 0 Å². The summed E-state index contributed by atoms with van der Waals surface area (Å²) in [6, 6.07) is 0.689. The minimum atomic E-state index is -2.76. The van der Waals surface area contributed by atoms with Gasteiger partial charge in [-0.25, -0.2) is 4.79 Å². The molecular formula is C16H32O5Si. The van der Waals surface area contributed by atoms with Gasteiger partial charge in [0, 0.05) is 29.9 Å². The van der Waals surface area contributed by atoms with Crippen molar-refractivity contribution in [1.29, 1.82) is 0 Å². The maximum Gasteiger partial charge on any atom is 0.501 e. The van der Waals surface area contributed by atoms with Crippen LogP contribution in [0.25, 0.3) is 0 Å². The van der Waals surface area contributed by atoms with E-state index >= 15 is 0 Å². The average Bonchev–Trinajstić information content (AvgIpc) is 2.31. The van der Waals surface area contributed by atoms with E-state index in [1.165, 1.54) is 0 Å². The molecule has 0 fully saturated rings. The second kappa shape index (κ2) is 10.2. The molecule has 0 aromatic rings. The fraction of sp³-hybridized carbons (Fsp3) is 0.812. The summed E-state index contributed by atoms with van der Waals surface area (Å²) in [5.74, 6) is -0.932. The Labute approximate surface area is 136 Å². The van der Waals surface area contributed by atoms with Crippen LogP contribution < -0.4 is 0 Å². The molecule has 0 saturated heterocycles. The van der Waals surface area contributed by atoms with Gasteiger partial charge in [0.05, 0.1) is 0 Å². The predicted molar refractivity (Wildman–Crippen MR) is 89.9 cm³/mol. The molecule has 5 nitrogen and oxygen atoms in total. The normalized spacial score (nSPS) is 12.4. The molecule has 0 spiro atoms. The third kappa shape index (κ3) is 9.35. The zero-order chi connectivity index (χ0) is 17.3. The molecule has 0 aliphatic carbocycles. The Morgan fingerprint density at radius 2 is 1.36 bits per heavy atom. The molecule has 0 unspecified atom stereocenters. The van der Waals surface area contributed by atoms with Gasteiger partial charge in [0.1, 0.15) is 0 Å². The second-order valence-corrected chi connectivity index (χ2v) is 8.87. The molecule has 0 rings (SSSR count). The van der Waals surface area contributed by atoms with Crippen molar-refractivity contribution < 1.29 is 23.2 Å². The molecular weight excluding hydrogens is 300 g/mol. The third-order valence-electron chi connectivity index (χ3n) is 2.76. The number of carboxylic acid groups (broad SMARTS) is 1. The highest BCUT2D eigenvalue weighted by Crippen LogP contribution is 2.25. The van der Waals surface area contributed by atoms with Gasteiger partial charge in [0.15, 0.2) is 0 Å². The second-order valence-electron chi connectivity index (χ2n) is 6.30. The van der Waals surface area contributed by atoms with Crippen molar-refractivity contribution in [2.24, 2.45) is 0 Å². The van der Waals surface area contributed by atoms with Crippen molar-refractivity contribution in [2.75, 3.05) is 0 Å². The zero-order valence-corrected chi connectivity index (χ0v) is 15.8. The Morgan fingerprint density at radius 3 is 1.68 bits per heavy atom. The lowest BCUT2D eigenvalue weighted by molar-refractivity contribution is -0.132. The highest BCUT2D eigenvalue weighted by Gasteiger charge is 2.43. The molecule has 0 aliphatic heterocycles. The van der Waals surface area contributed by atoms with Crippen LogP contribution in [0.3, 0.4) is 0 Å². The first-order valence-corrected chi connectivity index (χ1v) is 9.95. The molecule has 1 N–H and O–H groups in total. The number of carbonyl (C=O) groups is 1. The van der Waals surface area contributed by atoms with Gasteiger partial charge in [-0.1, -0.05) is 6.58 Å². The minimum Gasteiger partial charge on any atom is -0.478 e. The fourth-order valence-electron chi connectivity index (χ4n) is 2.12. The average molecular weight is 333 g/mol. The van der Waals surface area contributed by atoms with Gasteiger partial charge in [0.2, 0.25) is 0 Å². The van der Waals surface area contributed by atoms with Gasteiger partial charge >= 0.3 is 14.8 Å². The van der Waals surface area contributed by atoms with E-state index in [1.54, 1.807) is 0 Å². The smallest absolute Gasteiger partial charge is 0.478 e. The van der Waals surface area contributed by atoms with Crippen LogP contribution in [0.1, 0.15) is 60.8 Å². The third-order valence-corrected chi connectivity index (χ3v) is 6.22. The number of hydrogen-bond acceptors (Lipinski definition) is 4. The highest BCUT2D eigenvalue weighted by molar-refractivity contribution is 6.60. The summed E-state index contributed by atoms with van der Waals surface area (Å²) in [4.78, 5) is 10.8. The Bertz CT molecular complexity index is 326. The molecule has 22 heavy (non-hydrogen) atoms. The Balaban J connectivity index is 4.73. The summed E-state index contributed by atoms with van der Waals surface area (Å²) in [5.41, 5.74) is 0.242. The molecule has 0 aliphatic rings. The van der Waals surface area contributed by atoms with Crippen molar-refractivity contribution in [3.05, 3.63) is 12.2 Å². The van der Waals surface area contributed by atoms with Crippen LogP contribution >= 0.6 is 0 Å². The maximum atomic E-state index is 10.8. The largest absolute Gasteiger partial charge is 0.501 e. The van der Waals surface area contributed by atoms with Crippen LogP contribution in [0.2, 0.25) is 6.04 Å². The van der Waals surface area contributed by atoms with E-state index in [2.05, 4.69) is 6.58 Å². The first kappa shape index (κ1) is 21.3. The number of hydrogen-bond donors (Lipinski definition) is 1. The quantitative estimate of drug-likeness (QED) is 0.332. The topological polar surface area (TPSA) is 65.0 Å². The van der Waals surface area contributed by atoms with Gasteiger partial charge in [-0.2, -0.15) is 0 Å². The van der Waals surface area contributed by atoms with E-state index in [9.17, 15) is 4.79 Å². The molecule has 0 radical (unpaired) electrons. The summed E-state index contributed by atoms with van der Waals surface area (Å²) >= 11 is 0. The summed E-state index contributed by atoms with van der Waals surface area (Å²) in [7, 11) is -2.76. The van der Waals surface area contributed by atoms with E-state index in [-0.39, 0.29) is 23.9 Å². The minimum absolute atomic E-state index is 0.0261. The standard InChI is InChI=1S/C16H32O5Si/c1-12(2)19-22(20-13(3)4,21-14(5)6)11-9-8-10-15(7)16(17)18/h12-14H,7-11H2,1-6H3,(H,17,18). The highest BCUT2D eigenvalue weighted by atomic mass is 28.4. The molecule has 0 aromatic carbocycles. The lowest BCUT2D eigenvalue weighted by atomic mass is 10.1. The molecule has 130 valence electrons. The first-order valence-electron chi connectivity index (χ1n) is 8.02. The summed E-state index contributed by atoms with van der Waals surface area (Å²) in [6.07, 6.45) is 2.09. The number of aliphatic carboxylic acids is 1. The molecule has 6 heteroatoms. The molecule has 0 amide bonds. The summed E-state index contributed by atoms with van der Waals surface area (Å²) < 4.78 is 18.2. The van der Waals surface area contributed by atoms with Gasteiger partial charge in [-0.05, 0) is 60.8 Å². The number of carboxylic acids is 1. The molecule has 0 bridgehead atoms. The van der Waals surface area contributed by atoms with Gasteiger partial charge < -0.3 is 18.4 Å². The summed E-state index contributed by atoms with van der Waals surface area (Å²) in [6.45, 7) is 15.4. The molecule has 0 aromatic heterocycles. The van der Waals surface area contributed by atoms with Crippen molar-refractivity contribution in [3.63, 3.8) is 0 Å². The maximum absolute atomic E-state index is 10.8. The first-order chi connectivity index (χ1) is 10.1. The lowest BCUT2D eigenvalue weighted by Gasteiger charge is -2.34. The van der Waals surface area contributed by atoms with Crippen LogP contribution in [0.15, 0.2) is 12.2 Å². The van der Waals surface area contributed by atoms with Crippen LogP contribution in [0.5, 0.6) is 0 Å². The van der Waals surface area contributed by atoms with E-state index in [0.29, 0.717) is 12.5 Å². The van der Waals surface area contributed by atoms with E-state index < -0.39 is 14.8 Å². The summed E-state index contributed by atoms with van der Waals surface area (Å²) in [5, 5.41) is 8.83. The Kier molecular flexibility index (Phi) is 9.83. The van der Waals surface area contributed by atoms with Crippen LogP contribution in [-0.2, 0) is 18.1 Å². The molecule has 0 saturated carbocycles. The molecule has 0 heterocycles. The van der Waals surface area contributed by atoms with E-state index in [4.69, 9.17) is 18.4 Å². The lowest BCUT2D eigenvalue weighted by Crippen LogP contribution is -2.50. The fourth-order valence-corrected chi connectivity index (χ4v) is 5.48. The number of unbranched alkanes of at least 4 members (excludes halogenated alkanes) is 1. The van der Waals surface area contributed by atoms with Crippen LogP contribution in [0.4, 0.5) is 0 Å². The van der Waals surface area contributed by atoms with E-state index in [1.807, 2.05) is 41.5 Å². The van der Waals surface area contributed by atoms with Crippen molar-refractivity contribution >= 4 is 14.8 Å². The van der Waals surface area contributed by atoms with Gasteiger partial charge in [0.25, 0.3) is 0 Å². The Morgan fingerprint density at radius 1 is 0.955 bits per heavy atom. The van der Waals surface area contributed by atoms with Crippen molar-refractivity contribution in [3.8, 4) is 0 Å². The Hall–Kier alpha value is -0.693. The molecule has 0 atom stereocenters. The number of rotatable bonds is 12. The SMILES string of the molecule is C=C(CCCC[Si](OC(C)C)(OC(C)C)OC(C)C)C(=O)O. The van der Waals surface area contributed by atoms with Crippen LogP contribution in [-0.4, -0.2) is 38.2 Å². The van der Waals surface area contributed by atoms with Gasteiger partial charge in [-0.3, -0.25) is 0 Å². The monoisotopic (exact) mass is 332 g/mol. The van der Waals surface area contributed by atoms with Gasteiger partial charge in [-0.15, -0.1) is 0 Å². The van der Waals surface area contributed by atoms with E-state index in [0.717, 1.165) is 12.8 Å².